The zero-order valence-electron chi connectivity index (χ0n) is 11.0. The molecule has 2 heterocycles. The van der Waals surface area contributed by atoms with Crippen LogP contribution in [0.5, 0.6) is 0 Å². The first-order chi connectivity index (χ1) is 10.5. The van der Waals surface area contributed by atoms with Crippen molar-refractivity contribution in [2.75, 3.05) is 11.3 Å². The Hall–Kier alpha value is -3.04. The molecule has 0 aliphatic carbocycles. The molecule has 0 aliphatic heterocycles. The van der Waals surface area contributed by atoms with Gasteiger partial charge < -0.3 is 10.8 Å². The van der Waals surface area contributed by atoms with Gasteiger partial charge in [-0.1, -0.05) is 18.2 Å². The number of hydrazone groups is 1. The molecule has 3 aromatic rings. The number of anilines is 1. The molecule has 0 fully saturated rings. The second-order valence-electron chi connectivity index (χ2n) is 4.37. The summed E-state index contributed by atoms with van der Waals surface area (Å²) in [5.41, 5.74) is 4.02. The zero-order valence-corrected chi connectivity index (χ0v) is 11.0. The monoisotopic (exact) mass is 309 g/mol. The van der Waals surface area contributed by atoms with Crippen molar-refractivity contribution in [2.24, 2.45) is 5.10 Å². The van der Waals surface area contributed by atoms with E-state index < -0.39 is 12.0 Å². The number of alkyl halides is 3. The van der Waals surface area contributed by atoms with Crippen molar-refractivity contribution < 1.29 is 13.2 Å². The van der Waals surface area contributed by atoms with Gasteiger partial charge in [-0.25, -0.2) is 10.1 Å². The first-order valence-corrected chi connectivity index (χ1v) is 6.09. The predicted octanol–water partition coefficient (Wildman–Crippen LogP) is 1.94. The number of nitrogens with one attached hydrogen (secondary N) is 2. The molecular weight excluding hydrogens is 299 g/mol. The number of rotatable bonds is 3. The van der Waals surface area contributed by atoms with E-state index in [1.54, 1.807) is 6.20 Å². The van der Waals surface area contributed by atoms with Crippen molar-refractivity contribution in [3.05, 3.63) is 41.9 Å². The molecule has 7 nitrogen and oxygen atoms in total. The highest BCUT2D eigenvalue weighted by Crippen LogP contribution is 2.27. The summed E-state index contributed by atoms with van der Waals surface area (Å²) in [6.45, 7) is 0. The number of hydrogen-bond acceptors (Lipinski definition) is 5. The third-order valence-corrected chi connectivity index (χ3v) is 2.94. The fourth-order valence-corrected chi connectivity index (χ4v) is 1.92. The van der Waals surface area contributed by atoms with Crippen LogP contribution in [0.4, 0.5) is 19.1 Å². The Balaban J connectivity index is 1.79. The van der Waals surface area contributed by atoms with Crippen LogP contribution >= 0.6 is 0 Å². The number of fused-ring (bicyclic) bond motifs is 1. The maximum Gasteiger partial charge on any atom is 0.453 e. The van der Waals surface area contributed by atoms with E-state index in [0.29, 0.717) is 4.68 Å². The van der Waals surface area contributed by atoms with Crippen LogP contribution in [0, 0.1) is 0 Å². The van der Waals surface area contributed by atoms with Gasteiger partial charge >= 0.3 is 6.18 Å². The Labute approximate surface area is 121 Å². The molecule has 114 valence electrons. The minimum Gasteiger partial charge on any atom is -0.361 e. The van der Waals surface area contributed by atoms with Gasteiger partial charge in [0.15, 0.2) is 0 Å². The van der Waals surface area contributed by atoms with Gasteiger partial charge in [-0.3, -0.25) is 0 Å². The Kier molecular flexibility index (Phi) is 3.20. The van der Waals surface area contributed by atoms with Crippen LogP contribution in [-0.2, 0) is 6.18 Å². The molecule has 1 aromatic carbocycles. The van der Waals surface area contributed by atoms with Gasteiger partial charge in [0, 0.05) is 22.7 Å². The van der Waals surface area contributed by atoms with E-state index in [0.717, 1.165) is 16.5 Å². The minimum atomic E-state index is -4.68. The molecule has 0 radical (unpaired) electrons. The van der Waals surface area contributed by atoms with Crippen LogP contribution in [-0.4, -0.2) is 26.1 Å². The summed E-state index contributed by atoms with van der Waals surface area (Å²) in [5, 5.41) is 11.0. The highest BCUT2D eigenvalue weighted by molar-refractivity contribution is 5.99. The van der Waals surface area contributed by atoms with Crippen molar-refractivity contribution in [1.29, 1.82) is 0 Å². The van der Waals surface area contributed by atoms with Gasteiger partial charge in [-0.2, -0.15) is 18.3 Å². The fourth-order valence-electron chi connectivity index (χ4n) is 1.92. The first kappa shape index (κ1) is 13.9. The number of nitrogens with zero attached hydrogens (tertiary/aromatic N) is 4. The van der Waals surface area contributed by atoms with Crippen LogP contribution < -0.4 is 11.3 Å². The van der Waals surface area contributed by atoms with Gasteiger partial charge in [0.2, 0.25) is 0 Å². The third kappa shape index (κ3) is 2.45. The third-order valence-electron chi connectivity index (χ3n) is 2.94. The van der Waals surface area contributed by atoms with E-state index in [1.807, 2.05) is 24.3 Å². The minimum absolute atomic E-state index is 0.298. The Bertz CT molecular complexity index is 831. The summed E-state index contributed by atoms with van der Waals surface area (Å²) in [4.78, 5) is 3.05. The molecule has 0 spiro atoms. The molecular formula is C12H10F3N7. The highest BCUT2D eigenvalue weighted by atomic mass is 19.4. The zero-order chi connectivity index (χ0) is 15.7. The number of nitrogens with two attached hydrogens (primary N) is 1. The van der Waals surface area contributed by atoms with Gasteiger partial charge in [-0.05, 0) is 6.07 Å². The van der Waals surface area contributed by atoms with Crippen molar-refractivity contribution in [3.63, 3.8) is 0 Å². The molecule has 0 unspecified atom stereocenters. The molecule has 0 saturated heterocycles. The lowest BCUT2D eigenvalue weighted by Gasteiger charge is -2.05. The van der Waals surface area contributed by atoms with Gasteiger partial charge in [0.05, 0.1) is 6.21 Å². The van der Waals surface area contributed by atoms with E-state index in [4.69, 9.17) is 5.84 Å². The summed E-state index contributed by atoms with van der Waals surface area (Å²) in [7, 11) is 0. The van der Waals surface area contributed by atoms with E-state index in [1.165, 1.54) is 6.21 Å². The molecule has 22 heavy (non-hydrogen) atoms. The van der Waals surface area contributed by atoms with Crippen LogP contribution in [0.3, 0.4) is 0 Å². The average molecular weight is 309 g/mol. The van der Waals surface area contributed by atoms with Crippen molar-refractivity contribution in [2.45, 2.75) is 6.18 Å². The first-order valence-electron chi connectivity index (χ1n) is 6.09. The van der Waals surface area contributed by atoms with E-state index in [2.05, 4.69) is 25.7 Å². The lowest BCUT2D eigenvalue weighted by Crippen LogP contribution is -2.21. The largest absolute Gasteiger partial charge is 0.453 e. The standard InChI is InChI=1S/C12H10F3N7/c13-12(14,15)10-19-21-11(22(10)16)20-18-6-7-5-17-9-4-2-1-3-8(7)9/h1-6,17H,16H2,(H,20,21)/b18-6+. The van der Waals surface area contributed by atoms with Gasteiger partial charge in [-0.15, -0.1) is 10.2 Å². The fraction of sp³-hybridized carbons (Fsp3) is 0.0833. The van der Waals surface area contributed by atoms with Crippen molar-refractivity contribution >= 4 is 23.1 Å². The Morgan fingerprint density at radius 1 is 1.27 bits per heavy atom. The molecule has 0 bridgehead atoms. The smallest absolute Gasteiger partial charge is 0.361 e. The van der Waals surface area contributed by atoms with Crippen LogP contribution in [0.2, 0.25) is 0 Å². The maximum absolute atomic E-state index is 12.5. The summed E-state index contributed by atoms with van der Waals surface area (Å²) in [6.07, 6.45) is -1.51. The topological polar surface area (TPSA) is 96.9 Å². The Morgan fingerprint density at radius 3 is 2.77 bits per heavy atom. The van der Waals surface area contributed by atoms with Gasteiger partial charge in [0.25, 0.3) is 11.8 Å². The molecule has 0 atom stereocenters. The highest BCUT2D eigenvalue weighted by Gasteiger charge is 2.38. The SMILES string of the molecule is Nn1c(N/N=C/c2c[nH]c3ccccc23)nnc1C(F)(F)F. The van der Waals surface area contributed by atoms with Crippen molar-refractivity contribution in [1.82, 2.24) is 19.9 Å². The average Bonchev–Trinajstić information content (AvgIpc) is 3.03. The second-order valence-corrected chi connectivity index (χ2v) is 4.37. The van der Waals surface area contributed by atoms with Crippen LogP contribution in [0.15, 0.2) is 35.6 Å². The van der Waals surface area contributed by atoms with Gasteiger partial charge in [0.1, 0.15) is 0 Å². The molecule has 3 rings (SSSR count). The van der Waals surface area contributed by atoms with E-state index in [-0.39, 0.29) is 5.95 Å². The molecule has 0 aliphatic rings. The number of H-pyrrole nitrogens is 1. The lowest BCUT2D eigenvalue weighted by molar-refractivity contribution is -0.146. The number of aromatic amines is 1. The molecule has 10 heteroatoms. The van der Waals surface area contributed by atoms with Crippen molar-refractivity contribution in [3.8, 4) is 0 Å². The number of nitrogen functional groups attached to an aromatic ring is 1. The summed E-state index contributed by atoms with van der Waals surface area (Å²) < 4.78 is 37.8. The Morgan fingerprint density at radius 2 is 2.05 bits per heavy atom. The second kappa shape index (κ2) is 5.06. The number of para-hydroxylation sites is 1. The lowest BCUT2D eigenvalue weighted by atomic mass is 10.2. The van der Waals surface area contributed by atoms with Crippen LogP contribution in [0.1, 0.15) is 11.4 Å². The number of hydrogen-bond donors (Lipinski definition) is 3. The van der Waals surface area contributed by atoms with Crippen LogP contribution in [0.25, 0.3) is 10.9 Å². The maximum atomic E-state index is 12.5. The molecule has 0 saturated carbocycles. The molecule has 4 N–H and O–H groups in total. The number of halogens is 3. The molecule has 2 aromatic heterocycles. The van der Waals surface area contributed by atoms with E-state index in [9.17, 15) is 13.2 Å². The number of aromatic nitrogens is 4. The summed E-state index contributed by atoms with van der Waals surface area (Å²) >= 11 is 0. The normalized spacial score (nSPS) is 12.3. The summed E-state index contributed by atoms with van der Waals surface area (Å²) in [6, 6.07) is 7.53. The quantitative estimate of drug-likeness (QED) is 0.391. The number of benzene rings is 1. The molecule has 0 amide bonds. The summed E-state index contributed by atoms with van der Waals surface area (Å²) in [5.74, 6) is 3.64. The predicted molar refractivity (Wildman–Crippen MR) is 74.7 cm³/mol. The van der Waals surface area contributed by atoms with E-state index >= 15 is 0 Å².